The van der Waals surface area contributed by atoms with E-state index in [1.165, 1.54) is 0 Å². The third-order valence-corrected chi connectivity index (χ3v) is 4.26. The fourth-order valence-corrected chi connectivity index (χ4v) is 2.60. The Morgan fingerprint density at radius 3 is 2.11 bits per heavy atom. The summed E-state index contributed by atoms with van der Waals surface area (Å²) in [6.45, 7) is 1.48. The number of halogens is 3. The molecule has 0 radical (unpaired) electrons. The SMILES string of the molecule is BrCCCCOc1ccc(Br)c(OCCCCBr)c1. The van der Waals surface area contributed by atoms with Crippen molar-refractivity contribution in [1.82, 2.24) is 0 Å². The number of ether oxygens (including phenoxy) is 2. The lowest BCUT2D eigenvalue weighted by Gasteiger charge is -2.11. The van der Waals surface area contributed by atoms with E-state index in [0.717, 1.165) is 65.5 Å². The maximum absolute atomic E-state index is 5.75. The van der Waals surface area contributed by atoms with Crippen LogP contribution in [0.2, 0.25) is 0 Å². The van der Waals surface area contributed by atoms with Gasteiger partial charge in [-0.05, 0) is 53.7 Å². The van der Waals surface area contributed by atoms with Crippen molar-refractivity contribution in [3.05, 3.63) is 22.7 Å². The van der Waals surface area contributed by atoms with Crippen LogP contribution in [-0.2, 0) is 0 Å². The molecular weight excluding hydrogens is 440 g/mol. The molecule has 0 N–H and O–H groups in total. The Balaban J connectivity index is 2.42. The third kappa shape index (κ3) is 7.57. The smallest absolute Gasteiger partial charge is 0.137 e. The topological polar surface area (TPSA) is 18.5 Å². The van der Waals surface area contributed by atoms with Crippen LogP contribution in [0.15, 0.2) is 22.7 Å². The first-order chi connectivity index (χ1) is 9.27. The van der Waals surface area contributed by atoms with E-state index in [1.807, 2.05) is 18.2 Å². The van der Waals surface area contributed by atoms with Gasteiger partial charge in [-0.3, -0.25) is 0 Å². The molecule has 1 aromatic carbocycles. The molecule has 0 unspecified atom stereocenters. The molecule has 0 atom stereocenters. The summed E-state index contributed by atoms with van der Waals surface area (Å²) in [5.41, 5.74) is 0. The van der Waals surface area contributed by atoms with Crippen molar-refractivity contribution in [1.29, 1.82) is 0 Å². The quantitative estimate of drug-likeness (QED) is 0.337. The fraction of sp³-hybridized carbons (Fsp3) is 0.571. The second kappa shape index (κ2) is 11.0. The predicted octanol–water partition coefficient (Wildman–Crippen LogP) is 5.56. The highest BCUT2D eigenvalue weighted by molar-refractivity contribution is 9.10. The highest BCUT2D eigenvalue weighted by Crippen LogP contribution is 2.29. The average Bonchev–Trinajstić information content (AvgIpc) is 2.42. The van der Waals surface area contributed by atoms with Gasteiger partial charge in [-0.15, -0.1) is 0 Å². The van der Waals surface area contributed by atoms with Gasteiger partial charge >= 0.3 is 0 Å². The van der Waals surface area contributed by atoms with E-state index in [1.54, 1.807) is 0 Å². The summed E-state index contributed by atoms with van der Waals surface area (Å²) in [4.78, 5) is 0. The molecule has 0 amide bonds. The van der Waals surface area contributed by atoms with Gasteiger partial charge in [0.25, 0.3) is 0 Å². The lowest BCUT2D eigenvalue weighted by atomic mass is 10.3. The zero-order valence-electron chi connectivity index (χ0n) is 10.8. The standard InChI is InChI=1S/C14H19Br3O2/c15-7-1-3-9-18-12-5-6-13(17)14(11-12)19-10-4-2-8-16/h5-6,11H,1-4,7-10H2. The van der Waals surface area contributed by atoms with Crippen molar-refractivity contribution in [2.45, 2.75) is 25.7 Å². The molecule has 108 valence electrons. The summed E-state index contributed by atoms with van der Waals surface area (Å²) in [6.07, 6.45) is 4.36. The molecule has 0 aliphatic rings. The van der Waals surface area contributed by atoms with Crippen LogP contribution in [0.25, 0.3) is 0 Å². The molecule has 1 aromatic rings. The van der Waals surface area contributed by atoms with Crippen molar-refractivity contribution in [3.63, 3.8) is 0 Å². The van der Waals surface area contributed by atoms with Crippen molar-refractivity contribution in [3.8, 4) is 11.5 Å². The number of alkyl halides is 2. The van der Waals surface area contributed by atoms with Gasteiger partial charge in [-0.2, -0.15) is 0 Å². The van der Waals surface area contributed by atoms with Crippen molar-refractivity contribution in [2.24, 2.45) is 0 Å². The van der Waals surface area contributed by atoms with Crippen LogP contribution in [0.4, 0.5) is 0 Å². The van der Waals surface area contributed by atoms with E-state index in [2.05, 4.69) is 47.8 Å². The molecule has 5 heteroatoms. The Bertz CT molecular complexity index is 359. The number of hydrogen-bond donors (Lipinski definition) is 0. The van der Waals surface area contributed by atoms with Gasteiger partial charge in [0.2, 0.25) is 0 Å². The number of benzene rings is 1. The Morgan fingerprint density at radius 1 is 0.842 bits per heavy atom. The molecule has 0 aromatic heterocycles. The maximum Gasteiger partial charge on any atom is 0.137 e. The Kier molecular flexibility index (Phi) is 10.0. The summed E-state index contributed by atoms with van der Waals surface area (Å²) in [7, 11) is 0. The molecule has 0 spiro atoms. The summed E-state index contributed by atoms with van der Waals surface area (Å²) in [5.74, 6) is 1.72. The van der Waals surface area contributed by atoms with Gasteiger partial charge in [0.15, 0.2) is 0 Å². The molecule has 0 aliphatic heterocycles. The van der Waals surface area contributed by atoms with Crippen molar-refractivity contribution >= 4 is 47.8 Å². The summed E-state index contributed by atoms with van der Waals surface area (Å²) >= 11 is 10.3. The molecule has 0 aliphatic carbocycles. The zero-order chi connectivity index (χ0) is 13.9. The first-order valence-electron chi connectivity index (χ1n) is 6.45. The second-order valence-corrected chi connectivity index (χ2v) is 6.52. The Hall–Kier alpha value is 0.260. The lowest BCUT2D eigenvalue weighted by Crippen LogP contribution is -2.00. The van der Waals surface area contributed by atoms with Crippen molar-refractivity contribution < 1.29 is 9.47 Å². The summed E-state index contributed by atoms with van der Waals surface area (Å²) < 4.78 is 12.4. The highest BCUT2D eigenvalue weighted by atomic mass is 79.9. The van der Waals surface area contributed by atoms with Crippen LogP contribution in [0, 0.1) is 0 Å². The minimum Gasteiger partial charge on any atom is -0.493 e. The Morgan fingerprint density at radius 2 is 1.47 bits per heavy atom. The maximum atomic E-state index is 5.75. The van der Waals surface area contributed by atoms with Crippen LogP contribution in [0.1, 0.15) is 25.7 Å². The van der Waals surface area contributed by atoms with Crippen LogP contribution in [0.5, 0.6) is 11.5 Å². The second-order valence-electron chi connectivity index (χ2n) is 4.08. The van der Waals surface area contributed by atoms with E-state index >= 15 is 0 Å². The fourth-order valence-electron chi connectivity index (χ4n) is 1.45. The number of unbranched alkanes of at least 4 members (excludes halogenated alkanes) is 2. The van der Waals surface area contributed by atoms with E-state index < -0.39 is 0 Å². The first kappa shape index (κ1) is 17.3. The minimum absolute atomic E-state index is 0.733. The molecule has 0 saturated carbocycles. The van der Waals surface area contributed by atoms with Crippen LogP contribution in [0.3, 0.4) is 0 Å². The molecule has 0 bridgehead atoms. The van der Waals surface area contributed by atoms with Gasteiger partial charge < -0.3 is 9.47 Å². The van der Waals surface area contributed by atoms with Gasteiger partial charge in [-0.1, -0.05) is 31.9 Å². The largest absolute Gasteiger partial charge is 0.493 e. The van der Waals surface area contributed by atoms with Crippen molar-refractivity contribution in [2.75, 3.05) is 23.9 Å². The molecule has 0 heterocycles. The van der Waals surface area contributed by atoms with Crippen LogP contribution >= 0.6 is 47.8 Å². The average molecular weight is 459 g/mol. The van der Waals surface area contributed by atoms with E-state index in [9.17, 15) is 0 Å². The third-order valence-electron chi connectivity index (χ3n) is 2.48. The number of hydrogen-bond acceptors (Lipinski definition) is 2. The molecule has 19 heavy (non-hydrogen) atoms. The first-order valence-corrected chi connectivity index (χ1v) is 9.48. The van der Waals surface area contributed by atoms with E-state index in [0.29, 0.717) is 0 Å². The normalized spacial score (nSPS) is 10.5. The zero-order valence-corrected chi connectivity index (χ0v) is 15.6. The van der Waals surface area contributed by atoms with Gasteiger partial charge in [0.05, 0.1) is 17.7 Å². The minimum atomic E-state index is 0.733. The van der Waals surface area contributed by atoms with Crippen LogP contribution < -0.4 is 9.47 Å². The van der Waals surface area contributed by atoms with Gasteiger partial charge in [0, 0.05) is 16.7 Å². The van der Waals surface area contributed by atoms with Gasteiger partial charge in [0.1, 0.15) is 11.5 Å². The molecular formula is C14H19Br3O2. The monoisotopic (exact) mass is 456 g/mol. The van der Waals surface area contributed by atoms with Gasteiger partial charge in [-0.25, -0.2) is 0 Å². The van der Waals surface area contributed by atoms with E-state index in [-0.39, 0.29) is 0 Å². The number of rotatable bonds is 10. The highest BCUT2D eigenvalue weighted by Gasteiger charge is 2.04. The summed E-state index contributed by atoms with van der Waals surface area (Å²) in [6, 6.07) is 5.88. The molecule has 0 saturated heterocycles. The Labute approximate surface area is 140 Å². The predicted molar refractivity (Wildman–Crippen MR) is 91.2 cm³/mol. The molecule has 2 nitrogen and oxygen atoms in total. The summed E-state index contributed by atoms with van der Waals surface area (Å²) in [5, 5.41) is 2.05. The lowest BCUT2D eigenvalue weighted by molar-refractivity contribution is 0.293. The molecule has 1 rings (SSSR count). The van der Waals surface area contributed by atoms with E-state index in [4.69, 9.17) is 9.47 Å². The molecule has 0 fully saturated rings. The van der Waals surface area contributed by atoms with Crippen LogP contribution in [-0.4, -0.2) is 23.9 Å².